The van der Waals surface area contributed by atoms with Crippen LogP contribution >= 0.6 is 0 Å². The number of ether oxygens (including phenoxy) is 1. The summed E-state index contributed by atoms with van der Waals surface area (Å²) >= 11 is 0. The van der Waals surface area contributed by atoms with Crippen LogP contribution in [-0.2, 0) is 4.74 Å². The largest absolute Gasteiger partial charge is 0.377 e. The Kier molecular flexibility index (Phi) is 7.06. The summed E-state index contributed by atoms with van der Waals surface area (Å²) in [6.07, 6.45) is 12.9. The van der Waals surface area contributed by atoms with E-state index >= 15 is 0 Å². The predicted octanol–water partition coefficient (Wildman–Crippen LogP) is 7.41. The summed E-state index contributed by atoms with van der Waals surface area (Å²) in [6.45, 7) is 5.98. The molecule has 2 aromatic carbocycles. The molecule has 0 saturated heterocycles. The molecule has 0 spiro atoms. The Morgan fingerprint density at radius 3 is 2.15 bits per heavy atom. The molecule has 2 aromatic rings. The van der Waals surface area contributed by atoms with Crippen molar-refractivity contribution < 1.29 is 4.74 Å². The van der Waals surface area contributed by atoms with E-state index in [-0.39, 0.29) is 6.10 Å². The van der Waals surface area contributed by atoms with Gasteiger partial charge < -0.3 is 4.74 Å². The van der Waals surface area contributed by atoms with E-state index in [4.69, 9.17) is 4.74 Å². The Labute approximate surface area is 164 Å². The van der Waals surface area contributed by atoms with Crippen LogP contribution in [0.2, 0.25) is 0 Å². The van der Waals surface area contributed by atoms with Gasteiger partial charge in [0.2, 0.25) is 0 Å². The van der Waals surface area contributed by atoms with Gasteiger partial charge in [0.15, 0.2) is 0 Å². The van der Waals surface area contributed by atoms with E-state index in [1.165, 1.54) is 47.9 Å². The second kappa shape index (κ2) is 9.71. The fraction of sp³-hybridized carbons (Fsp3) is 0.385. The Morgan fingerprint density at radius 2 is 1.59 bits per heavy atom. The summed E-state index contributed by atoms with van der Waals surface area (Å²) in [4.78, 5) is 0. The van der Waals surface area contributed by atoms with Crippen LogP contribution < -0.4 is 0 Å². The first-order valence-electron chi connectivity index (χ1n) is 10.3. The highest BCUT2D eigenvalue weighted by Gasteiger charge is 2.21. The number of benzene rings is 2. The summed E-state index contributed by atoms with van der Waals surface area (Å²) in [7, 11) is 1.80. The molecular weight excluding hydrogens is 328 g/mol. The third-order valence-corrected chi connectivity index (χ3v) is 5.94. The lowest BCUT2D eigenvalue weighted by Crippen LogP contribution is -2.12. The molecule has 1 nitrogen and oxygen atoms in total. The number of rotatable bonds is 7. The van der Waals surface area contributed by atoms with Crippen molar-refractivity contribution in [3.8, 4) is 0 Å². The molecule has 1 saturated carbocycles. The quantitative estimate of drug-likeness (QED) is 0.499. The van der Waals surface area contributed by atoms with Gasteiger partial charge in [-0.2, -0.15) is 0 Å². The number of allylic oxidation sites excluding steroid dienone is 1. The van der Waals surface area contributed by atoms with Gasteiger partial charge in [-0.25, -0.2) is 0 Å². The molecule has 1 fully saturated rings. The highest BCUT2D eigenvalue weighted by molar-refractivity contribution is 5.54. The fourth-order valence-corrected chi connectivity index (χ4v) is 4.16. The van der Waals surface area contributed by atoms with Crippen LogP contribution in [0.15, 0.2) is 61.2 Å². The molecule has 0 bridgehead atoms. The minimum Gasteiger partial charge on any atom is -0.377 e. The summed E-state index contributed by atoms with van der Waals surface area (Å²) in [5.74, 6) is 1.41. The summed E-state index contributed by atoms with van der Waals surface area (Å²) in [6, 6.07) is 17.7. The van der Waals surface area contributed by atoms with Crippen LogP contribution in [0.3, 0.4) is 0 Å². The molecule has 1 atom stereocenters. The lowest BCUT2D eigenvalue weighted by atomic mass is 9.78. The van der Waals surface area contributed by atoms with Crippen LogP contribution in [0.5, 0.6) is 0 Å². The van der Waals surface area contributed by atoms with Crippen molar-refractivity contribution in [3.63, 3.8) is 0 Å². The van der Waals surface area contributed by atoms with Crippen molar-refractivity contribution in [1.29, 1.82) is 0 Å². The Morgan fingerprint density at radius 1 is 0.963 bits per heavy atom. The predicted molar refractivity (Wildman–Crippen MR) is 117 cm³/mol. The van der Waals surface area contributed by atoms with E-state index in [1.54, 1.807) is 7.11 Å². The van der Waals surface area contributed by atoms with Crippen LogP contribution in [0.4, 0.5) is 0 Å². The molecule has 0 heterocycles. The molecule has 1 unspecified atom stereocenters. The zero-order valence-electron chi connectivity index (χ0n) is 16.7. The highest BCUT2D eigenvalue weighted by Crippen LogP contribution is 2.37. The maximum Gasteiger partial charge on any atom is 0.0818 e. The maximum atomic E-state index is 5.55. The van der Waals surface area contributed by atoms with Crippen LogP contribution in [0, 0.1) is 5.92 Å². The minimum atomic E-state index is 0.223. The van der Waals surface area contributed by atoms with Gasteiger partial charge in [-0.1, -0.05) is 80.3 Å². The zero-order chi connectivity index (χ0) is 19.1. The molecule has 142 valence electrons. The second-order valence-corrected chi connectivity index (χ2v) is 7.64. The van der Waals surface area contributed by atoms with E-state index in [0.29, 0.717) is 11.8 Å². The molecule has 0 amide bonds. The van der Waals surface area contributed by atoms with Crippen molar-refractivity contribution in [3.05, 3.63) is 83.4 Å². The van der Waals surface area contributed by atoms with Crippen LogP contribution in [0.25, 0.3) is 12.2 Å². The standard InChI is InChI=1S/C26H32O/c1-4-20-6-8-21(9-7-20)10-11-22-12-14-23(15-13-22)24-16-18-25(19-17-24)26(5-2)27-3/h4,6-11,16-19,22-23,26H,1,5,12-15H2,2-3H3/b11-10+/t22-,23-,26?. The molecule has 0 radical (unpaired) electrons. The van der Waals surface area contributed by atoms with Gasteiger partial charge in [0.1, 0.15) is 0 Å². The average molecular weight is 361 g/mol. The van der Waals surface area contributed by atoms with Crippen molar-refractivity contribution in [2.45, 2.75) is 51.0 Å². The van der Waals surface area contributed by atoms with Crippen molar-refractivity contribution in [2.24, 2.45) is 5.92 Å². The van der Waals surface area contributed by atoms with Gasteiger partial charge in [-0.05, 0) is 66.2 Å². The average Bonchev–Trinajstić information content (AvgIpc) is 2.74. The van der Waals surface area contributed by atoms with Gasteiger partial charge >= 0.3 is 0 Å². The van der Waals surface area contributed by atoms with E-state index in [1.807, 2.05) is 6.08 Å². The lowest BCUT2D eigenvalue weighted by molar-refractivity contribution is 0.100. The topological polar surface area (TPSA) is 9.23 Å². The molecule has 1 aliphatic carbocycles. The van der Waals surface area contributed by atoms with Crippen LogP contribution in [0.1, 0.15) is 73.3 Å². The van der Waals surface area contributed by atoms with Gasteiger partial charge in [0.05, 0.1) is 6.10 Å². The molecule has 0 aromatic heterocycles. The van der Waals surface area contributed by atoms with Crippen molar-refractivity contribution in [1.82, 2.24) is 0 Å². The third-order valence-electron chi connectivity index (χ3n) is 5.94. The second-order valence-electron chi connectivity index (χ2n) is 7.64. The summed E-state index contributed by atoms with van der Waals surface area (Å²) < 4.78 is 5.55. The molecule has 27 heavy (non-hydrogen) atoms. The number of methoxy groups -OCH3 is 1. The smallest absolute Gasteiger partial charge is 0.0818 e. The van der Waals surface area contributed by atoms with Gasteiger partial charge in [-0.3, -0.25) is 0 Å². The molecule has 0 aliphatic heterocycles. The lowest BCUT2D eigenvalue weighted by Gasteiger charge is -2.27. The monoisotopic (exact) mass is 360 g/mol. The first-order valence-corrected chi connectivity index (χ1v) is 10.3. The SMILES string of the molecule is C=Cc1ccc(/C=C/[C@H]2CC[C@H](c3ccc(C(CC)OC)cc3)CC2)cc1. The van der Waals surface area contributed by atoms with E-state index in [9.17, 15) is 0 Å². The molecule has 1 heteroatoms. The molecule has 3 rings (SSSR count). The van der Waals surface area contributed by atoms with Crippen molar-refractivity contribution >= 4 is 12.2 Å². The summed E-state index contributed by atoms with van der Waals surface area (Å²) in [5.41, 5.74) is 5.24. The van der Waals surface area contributed by atoms with Gasteiger partial charge in [0, 0.05) is 7.11 Å². The first kappa shape index (κ1) is 19.6. The van der Waals surface area contributed by atoms with E-state index < -0.39 is 0 Å². The van der Waals surface area contributed by atoms with E-state index in [0.717, 1.165) is 6.42 Å². The van der Waals surface area contributed by atoms with Crippen molar-refractivity contribution in [2.75, 3.05) is 7.11 Å². The summed E-state index contributed by atoms with van der Waals surface area (Å²) in [5, 5.41) is 0. The first-order chi connectivity index (χ1) is 13.2. The maximum absolute atomic E-state index is 5.55. The molecular formula is C26H32O. The Hall–Kier alpha value is -2.12. The van der Waals surface area contributed by atoms with E-state index in [2.05, 4.69) is 74.2 Å². The fourth-order valence-electron chi connectivity index (χ4n) is 4.16. The highest BCUT2D eigenvalue weighted by atomic mass is 16.5. The number of hydrogen-bond donors (Lipinski definition) is 0. The number of hydrogen-bond acceptors (Lipinski definition) is 1. The molecule has 0 N–H and O–H groups in total. The Balaban J connectivity index is 1.53. The molecule has 1 aliphatic rings. The normalized spacial score (nSPS) is 21.3. The van der Waals surface area contributed by atoms with Gasteiger partial charge in [0.25, 0.3) is 0 Å². The Bertz CT molecular complexity index is 727. The van der Waals surface area contributed by atoms with Crippen LogP contribution in [-0.4, -0.2) is 7.11 Å². The third kappa shape index (κ3) is 5.20. The van der Waals surface area contributed by atoms with Gasteiger partial charge in [-0.15, -0.1) is 0 Å². The zero-order valence-corrected chi connectivity index (χ0v) is 16.7. The minimum absolute atomic E-state index is 0.223.